The molecule has 0 radical (unpaired) electrons. The monoisotopic (exact) mass is 670 g/mol. The van der Waals surface area contributed by atoms with Gasteiger partial charge in [0.15, 0.2) is 18.6 Å². The number of likely N-dealkylation sites (N-methyl/N-ethyl adjacent to an activating group) is 1. The number of benzene rings is 1. The summed E-state index contributed by atoms with van der Waals surface area (Å²) in [6.07, 6.45) is 3.53. The number of amides is 2. The molecule has 0 saturated heterocycles. The van der Waals surface area contributed by atoms with Crippen LogP contribution in [0.1, 0.15) is 61.2 Å². The molecule has 258 valence electrons. The van der Waals surface area contributed by atoms with Crippen molar-refractivity contribution >= 4 is 52.2 Å². The number of pyridine rings is 1. The van der Waals surface area contributed by atoms with Crippen LogP contribution in [0.15, 0.2) is 58.7 Å². The van der Waals surface area contributed by atoms with Crippen LogP contribution < -0.4 is 27.3 Å². The molecule has 0 spiro atoms. The van der Waals surface area contributed by atoms with Crippen molar-refractivity contribution in [3.63, 3.8) is 0 Å². The van der Waals surface area contributed by atoms with Crippen molar-refractivity contribution in [1.82, 2.24) is 25.4 Å². The molecule has 3 aromatic heterocycles. The summed E-state index contributed by atoms with van der Waals surface area (Å²) in [5.41, 5.74) is 19.6. The first-order chi connectivity index (χ1) is 22.5. The number of nitrogen functional groups attached to an aromatic ring is 2. The first kappa shape index (κ1) is 42.0. The van der Waals surface area contributed by atoms with Gasteiger partial charge >= 0.3 is 6.03 Å². The van der Waals surface area contributed by atoms with E-state index in [1.165, 1.54) is 11.3 Å². The molecular formula is C33H52N9O4S+. The Morgan fingerprint density at radius 1 is 1.11 bits per heavy atom. The van der Waals surface area contributed by atoms with Gasteiger partial charge < -0.3 is 41.6 Å². The van der Waals surface area contributed by atoms with Crippen LogP contribution in [0.25, 0.3) is 21.6 Å². The maximum atomic E-state index is 10.8. The van der Waals surface area contributed by atoms with Crippen LogP contribution in [0.3, 0.4) is 0 Å². The molecule has 14 heteroatoms. The summed E-state index contributed by atoms with van der Waals surface area (Å²) in [6.45, 7) is 20.5. The summed E-state index contributed by atoms with van der Waals surface area (Å²) in [4.78, 5) is 31.8. The second kappa shape index (κ2) is 23.4. The predicted molar refractivity (Wildman–Crippen MR) is 193 cm³/mol. The van der Waals surface area contributed by atoms with E-state index in [4.69, 9.17) is 31.3 Å². The largest absolute Gasteiger partial charge is 0.471 e. The molecule has 47 heavy (non-hydrogen) atoms. The Hall–Kier alpha value is -4.98. The van der Waals surface area contributed by atoms with E-state index in [2.05, 4.69) is 25.4 Å². The van der Waals surface area contributed by atoms with Gasteiger partial charge in [0.2, 0.25) is 5.88 Å². The van der Waals surface area contributed by atoms with Crippen molar-refractivity contribution in [1.29, 1.82) is 0 Å². The number of carbonyl (C=O) groups excluding carboxylic acids is 2. The highest BCUT2D eigenvalue weighted by atomic mass is 32.1. The molecule has 0 aliphatic heterocycles. The zero-order valence-corrected chi connectivity index (χ0v) is 29.7. The number of nitrogens with two attached hydrogens (primary N) is 3. The second-order valence-corrected chi connectivity index (χ2v) is 10.8. The number of hydrogen-bond donors (Lipinski definition) is 5. The smallest absolute Gasteiger partial charge is 0.312 e. The fourth-order valence-corrected chi connectivity index (χ4v) is 4.20. The van der Waals surface area contributed by atoms with Gasteiger partial charge in [0, 0.05) is 28.6 Å². The maximum absolute atomic E-state index is 10.8. The normalized spacial score (nSPS) is 10.3. The molecule has 3 heterocycles. The van der Waals surface area contributed by atoms with E-state index in [1.807, 2.05) is 109 Å². The number of nitrogens with one attached hydrogen (secondary N) is 2. The Balaban J connectivity index is 0.00000110. The number of ether oxygens (including phenoxy) is 1. The lowest BCUT2D eigenvalue weighted by molar-refractivity contribution is -0.521. The maximum Gasteiger partial charge on any atom is 0.312 e. The van der Waals surface area contributed by atoms with Crippen LogP contribution in [0.4, 0.5) is 16.3 Å². The Bertz CT molecular complexity index is 1520. The Morgan fingerprint density at radius 2 is 1.77 bits per heavy atom. The molecule has 0 atom stereocenters. The number of carbonyl (C=O) groups is 2. The lowest BCUT2D eigenvalue weighted by Gasteiger charge is -2.11. The topological polar surface area (TPSA) is 204 Å². The minimum absolute atomic E-state index is 0.00458. The SMILES string of the molecule is C=O.CC.CC.CC(C)(C)c1cc(N)no1.CC[N+](=CCNC(N)=O)CCOc1ccc2nc[nH]c(-c3ccc(N)cc3)csc2n1. The molecule has 0 bridgehead atoms. The zero-order valence-electron chi connectivity index (χ0n) is 28.9. The third-order valence-corrected chi connectivity index (χ3v) is 6.55. The number of fused-ring (bicyclic) bond motifs is 1. The van der Waals surface area contributed by atoms with Gasteiger partial charge in [-0.05, 0) is 30.7 Å². The average Bonchev–Trinajstić information content (AvgIpc) is 3.52. The number of primary amides is 1. The standard InChI is InChI=1S/C21H25N7O2S.C7H12N2O.2C2H6.CH2O/c1-2-28(10-9-24-21(23)29)11-12-30-19-8-7-17-20(27-19)31-13-18(26-14-25-17)15-3-5-16(22)6-4-15;1-7(2,3)5-4-6(8)9-10-5;3*1-2/h3-8,10,13-14H,2,9,11-12,22H2,1H3,(H3-,23,24,25,26,29);4H,1-3H3,(H2,8,9);2*1-2H3;1H2/p+1. The fraction of sp³-hybridized carbons (Fsp3) is 0.394. The van der Waals surface area contributed by atoms with Crippen LogP contribution in [0.5, 0.6) is 5.88 Å². The van der Waals surface area contributed by atoms with E-state index in [1.54, 1.807) is 18.5 Å². The van der Waals surface area contributed by atoms with Crippen LogP contribution >= 0.6 is 11.3 Å². The average molecular weight is 671 g/mol. The molecule has 0 aliphatic rings. The predicted octanol–water partition coefficient (Wildman–Crippen LogP) is 5.97. The third kappa shape index (κ3) is 16.2. The minimum atomic E-state index is -0.544. The van der Waals surface area contributed by atoms with Crippen LogP contribution in [0, 0.1) is 0 Å². The molecule has 0 fully saturated rings. The van der Waals surface area contributed by atoms with Gasteiger partial charge in [-0.2, -0.15) is 0 Å². The van der Waals surface area contributed by atoms with Crippen molar-refractivity contribution < 1.29 is 23.4 Å². The molecule has 13 nitrogen and oxygen atoms in total. The quantitative estimate of drug-likeness (QED) is 0.0850. The van der Waals surface area contributed by atoms with Gasteiger partial charge in [0.25, 0.3) is 0 Å². The van der Waals surface area contributed by atoms with E-state index >= 15 is 0 Å². The van der Waals surface area contributed by atoms with Crippen LogP contribution in [-0.4, -0.2) is 70.0 Å². The summed E-state index contributed by atoms with van der Waals surface area (Å²) < 4.78 is 12.8. The Morgan fingerprint density at radius 3 is 2.30 bits per heavy atom. The van der Waals surface area contributed by atoms with Crippen molar-refractivity contribution in [2.45, 2.75) is 60.8 Å². The van der Waals surface area contributed by atoms with Gasteiger partial charge in [0.1, 0.15) is 36.0 Å². The van der Waals surface area contributed by atoms with E-state index in [0.717, 1.165) is 33.9 Å². The van der Waals surface area contributed by atoms with Crippen LogP contribution in [0.2, 0.25) is 0 Å². The Kier molecular flexibility index (Phi) is 20.9. The molecule has 2 amide bonds. The number of aromatic amines is 1. The first-order valence-electron chi connectivity index (χ1n) is 15.3. The third-order valence-electron chi connectivity index (χ3n) is 5.68. The molecule has 4 aromatic rings. The summed E-state index contributed by atoms with van der Waals surface area (Å²) in [6, 6.07) is 12.5. The van der Waals surface area contributed by atoms with E-state index < -0.39 is 6.03 Å². The summed E-state index contributed by atoms with van der Waals surface area (Å²) >= 11 is 1.47. The molecule has 0 saturated carbocycles. The number of hydrogen-bond acceptors (Lipinski definition) is 10. The lowest BCUT2D eigenvalue weighted by atomic mass is 9.93. The molecule has 0 aliphatic carbocycles. The van der Waals surface area contributed by atoms with Gasteiger partial charge in [-0.25, -0.2) is 19.3 Å². The minimum Gasteiger partial charge on any atom is -0.471 e. The highest BCUT2D eigenvalue weighted by molar-refractivity contribution is 7.16. The number of rotatable bonds is 8. The van der Waals surface area contributed by atoms with Crippen LogP contribution in [-0.2, 0) is 10.2 Å². The zero-order chi connectivity index (χ0) is 35.8. The van der Waals surface area contributed by atoms with E-state index in [9.17, 15) is 4.79 Å². The van der Waals surface area contributed by atoms with Gasteiger partial charge in [0.05, 0.1) is 18.6 Å². The molecule has 8 N–H and O–H groups in total. The second-order valence-electron chi connectivity index (χ2n) is 9.92. The van der Waals surface area contributed by atoms with E-state index in [-0.39, 0.29) is 5.41 Å². The van der Waals surface area contributed by atoms with Crippen molar-refractivity contribution in [2.75, 3.05) is 37.7 Å². The fourth-order valence-electron chi connectivity index (χ4n) is 3.38. The van der Waals surface area contributed by atoms with Crippen molar-refractivity contribution in [3.05, 3.63) is 59.9 Å². The first-order valence-corrected chi connectivity index (χ1v) is 16.2. The van der Waals surface area contributed by atoms with E-state index in [0.29, 0.717) is 37.1 Å². The summed E-state index contributed by atoms with van der Waals surface area (Å²) in [5.74, 6) is 1.80. The van der Waals surface area contributed by atoms with Crippen molar-refractivity contribution in [3.8, 4) is 17.1 Å². The van der Waals surface area contributed by atoms with Gasteiger partial charge in [-0.1, -0.05) is 65.8 Å². The highest BCUT2D eigenvalue weighted by Gasteiger charge is 2.18. The summed E-state index contributed by atoms with van der Waals surface area (Å²) in [7, 11) is 0. The molecule has 1 aromatic carbocycles. The number of aromatic nitrogens is 4. The summed E-state index contributed by atoms with van der Waals surface area (Å²) in [5, 5.41) is 8.11. The number of nitrogens with zero attached hydrogens (tertiary/aromatic N) is 4. The number of urea groups is 1. The Labute approximate surface area is 281 Å². The van der Waals surface area contributed by atoms with Gasteiger partial charge in [-0.15, -0.1) is 11.3 Å². The number of anilines is 2. The molecule has 0 unspecified atom stereocenters. The molecule has 4 rings (SSSR count). The lowest BCUT2D eigenvalue weighted by Crippen LogP contribution is -2.33. The molecular weight excluding hydrogens is 618 g/mol. The van der Waals surface area contributed by atoms with Crippen molar-refractivity contribution in [2.24, 2.45) is 5.73 Å². The highest BCUT2D eigenvalue weighted by Crippen LogP contribution is 2.23. The number of H-pyrrole nitrogens is 1. The van der Waals surface area contributed by atoms with Gasteiger partial charge in [-0.3, -0.25) is 0 Å².